The van der Waals surface area contributed by atoms with Gasteiger partial charge in [-0.15, -0.1) is 0 Å². The molecule has 0 aromatic heterocycles. The van der Waals surface area contributed by atoms with Crippen LogP contribution in [0.4, 0.5) is 4.39 Å². The zero-order chi connectivity index (χ0) is 14.5. The quantitative estimate of drug-likeness (QED) is 0.870. The first-order chi connectivity index (χ1) is 9.61. The summed E-state index contributed by atoms with van der Waals surface area (Å²) in [6.45, 7) is 2.57. The molecule has 0 bridgehead atoms. The van der Waals surface area contributed by atoms with Gasteiger partial charge in [-0.3, -0.25) is 0 Å². The van der Waals surface area contributed by atoms with Gasteiger partial charge in [-0.25, -0.2) is 4.39 Å². The Morgan fingerprint density at radius 2 is 2.00 bits per heavy atom. The van der Waals surface area contributed by atoms with Crippen molar-refractivity contribution in [2.24, 2.45) is 0 Å². The summed E-state index contributed by atoms with van der Waals surface area (Å²) in [4.78, 5) is 0. The average molecular weight is 338 g/mol. The van der Waals surface area contributed by atoms with E-state index in [1.807, 2.05) is 37.3 Å². The number of hydrogen-bond donors (Lipinski definition) is 1. The molecule has 106 valence electrons. The van der Waals surface area contributed by atoms with E-state index in [9.17, 15) is 4.39 Å². The molecule has 0 aliphatic carbocycles. The van der Waals surface area contributed by atoms with Crippen molar-refractivity contribution < 1.29 is 9.13 Å². The molecular weight excluding hydrogens is 321 g/mol. The summed E-state index contributed by atoms with van der Waals surface area (Å²) in [6, 6.07) is 12.9. The lowest BCUT2D eigenvalue weighted by atomic mass is 10.1. The lowest BCUT2D eigenvalue weighted by Gasteiger charge is -2.16. The van der Waals surface area contributed by atoms with Gasteiger partial charge in [0.2, 0.25) is 0 Å². The molecule has 0 heterocycles. The Balaban J connectivity index is 2.06. The monoisotopic (exact) mass is 337 g/mol. The standard InChI is InChI=1S/C16H17BrFNO/c1-11(14-8-7-13(17)9-15(14)18)19-10-12-5-3-4-6-16(12)20-2/h3-9,11,19H,10H2,1-2H3. The molecule has 2 aromatic rings. The van der Waals surface area contributed by atoms with Crippen molar-refractivity contribution in [1.29, 1.82) is 0 Å². The zero-order valence-corrected chi connectivity index (χ0v) is 13.1. The highest BCUT2D eigenvalue weighted by atomic mass is 79.9. The number of benzene rings is 2. The van der Waals surface area contributed by atoms with E-state index in [2.05, 4.69) is 21.2 Å². The van der Waals surface area contributed by atoms with Crippen LogP contribution in [0.1, 0.15) is 24.1 Å². The lowest BCUT2D eigenvalue weighted by molar-refractivity contribution is 0.405. The predicted molar refractivity (Wildman–Crippen MR) is 82.3 cm³/mol. The normalized spacial score (nSPS) is 12.2. The summed E-state index contributed by atoms with van der Waals surface area (Å²) in [5.74, 6) is 0.628. The van der Waals surface area contributed by atoms with E-state index in [0.29, 0.717) is 12.1 Å². The Morgan fingerprint density at radius 1 is 1.25 bits per heavy atom. The maximum Gasteiger partial charge on any atom is 0.129 e. The van der Waals surface area contributed by atoms with E-state index in [4.69, 9.17) is 4.74 Å². The molecule has 0 aliphatic heterocycles. The van der Waals surface area contributed by atoms with Crippen LogP contribution < -0.4 is 10.1 Å². The largest absolute Gasteiger partial charge is 0.496 e. The van der Waals surface area contributed by atoms with Crippen LogP contribution in [-0.4, -0.2) is 7.11 Å². The molecule has 0 radical (unpaired) electrons. The van der Waals surface area contributed by atoms with Gasteiger partial charge in [-0.2, -0.15) is 0 Å². The maximum atomic E-state index is 13.9. The summed E-state index contributed by atoms with van der Waals surface area (Å²) >= 11 is 3.26. The number of para-hydroxylation sites is 1. The number of rotatable bonds is 5. The van der Waals surface area contributed by atoms with Gasteiger partial charge in [0.1, 0.15) is 11.6 Å². The van der Waals surface area contributed by atoms with Gasteiger partial charge in [0.05, 0.1) is 7.11 Å². The number of nitrogens with one attached hydrogen (secondary N) is 1. The van der Waals surface area contributed by atoms with Crippen molar-refractivity contribution in [3.05, 3.63) is 63.9 Å². The lowest BCUT2D eigenvalue weighted by Crippen LogP contribution is -2.19. The minimum absolute atomic E-state index is 0.0759. The third-order valence-corrected chi connectivity index (χ3v) is 3.71. The van der Waals surface area contributed by atoms with Crippen molar-refractivity contribution in [3.8, 4) is 5.75 Å². The Bertz CT molecular complexity index is 588. The van der Waals surface area contributed by atoms with Crippen LogP contribution in [0.25, 0.3) is 0 Å². The van der Waals surface area contributed by atoms with Crippen LogP contribution in [0, 0.1) is 5.82 Å². The third-order valence-electron chi connectivity index (χ3n) is 3.22. The number of hydrogen-bond acceptors (Lipinski definition) is 2. The highest BCUT2D eigenvalue weighted by Gasteiger charge is 2.11. The SMILES string of the molecule is COc1ccccc1CNC(C)c1ccc(Br)cc1F. The molecule has 1 N–H and O–H groups in total. The number of halogens is 2. The number of ether oxygens (including phenoxy) is 1. The van der Waals surface area contributed by atoms with Crippen LogP contribution in [0.5, 0.6) is 5.75 Å². The minimum Gasteiger partial charge on any atom is -0.496 e. The summed E-state index contributed by atoms with van der Waals surface area (Å²) < 4.78 is 19.9. The molecule has 20 heavy (non-hydrogen) atoms. The van der Waals surface area contributed by atoms with Gasteiger partial charge >= 0.3 is 0 Å². The van der Waals surface area contributed by atoms with Crippen LogP contribution in [0.15, 0.2) is 46.9 Å². The van der Waals surface area contributed by atoms with Gasteiger partial charge < -0.3 is 10.1 Å². The van der Waals surface area contributed by atoms with Crippen molar-refractivity contribution in [3.63, 3.8) is 0 Å². The zero-order valence-electron chi connectivity index (χ0n) is 11.5. The Hall–Kier alpha value is -1.39. The maximum absolute atomic E-state index is 13.9. The molecular formula is C16H17BrFNO. The molecule has 0 amide bonds. The fraction of sp³-hybridized carbons (Fsp3) is 0.250. The van der Waals surface area contributed by atoms with E-state index in [-0.39, 0.29) is 11.9 Å². The van der Waals surface area contributed by atoms with Crippen molar-refractivity contribution >= 4 is 15.9 Å². The second-order valence-corrected chi connectivity index (χ2v) is 5.50. The molecule has 1 unspecified atom stereocenters. The molecule has 2 nitrogen and oxygen atoms in total. The first kappa shape index (κ1) is 15.0. The summed E-state index contributed by atoms with van der Waals surface area (Å²) in [6.07, 6.45) is 0. The van der Waals surface area contributed by atoms with Gasteiger partial charge in [-0.05, 0) is 25.1 Å². The van der Waals surface area contributed by atoms with Crippen LogP contribution in [0.2, 0.25) is 0 Å². The predicted octanol–water partition coefficient (Wildman–Crippen LogP) is 4.45. The Kier molecular flexibility index (Phi) is 5.15. The van der Waals surface area contributed by atoms with Gasteiger partial charge in [0.25, 0.3) is 0 Å². The highest BCUT2D eigenvalue weighted by molar-refractivity contribution is 9.10. The average Bonchev–Trinajstić information content (AvgIpc) is 2.45. The minimum atomic E-state index is -0.209. The van der Waals surface area contributed by atoms with Crippen molar-refractivity contribution in [2.75, 3.05) is 7.11 Å². The molecule has 0 saturated heterocycles. The van der Waals surface area contributed by atoms with E-state index in [1.165, 1.54) is 6.07 Å². The fourth-order valence-corrected chi connectivity index (χ4v) is 2.41. The molecule has 4 heteroatoms. The molecule has 0 spiro atoms. The Morgan fingerprint density at radius 3 is 2.70 bits per heavy atom. The molecule has 2 rings (SSSR count). The molecule has 0 saturated carbocycles. The molecule has 0 fully saturated rings. The first-order valence-corrected chi connectivity index (χ1v) is 7.21. The summed E-state index contributed by atoms with van der Waals surface area (Å²) in [7, 11) is 1.65. The second kappa shape index (κ2) is 6.86. The molecule has 1 atom stereocenters. The van der Waals surface area contributed by atoms with E-state index >= 15 is 0 Å². The van der Waals surface area contributed by atoms with E-state index in [0.717, 1.165) is 15.8 Å². The van der Waals surface area contributed by atoms with Crippen molar-refractivity contribution in [2.45, 2.75) is 19.5 Å². The van der Waals surface area contributed by atoms with Crippen LogP contribution in [0.3, 0.4) is 0 Å². The highest BCUT2D eigenvalue weighted by Crippen LogP contribution is 2.22. The number of methoxy groups -OCH3 is 1. The van der Waals surface area contributed by atoms with Crippen LogP contribution >= 0.6 is 15.9 Å². The van der Waals surface area contributed by atoms with E-state index < -0.39 is 0 Å². The summed E-state index contributed by atoms with van der Waals surface area (Å²) in [5, 5.41) is 3.31. The van der Waals surface area contributed by atoms with E-state index in [1.54, 1.807) is 13.2 Å². The van der Waals surface area contributed by atoms with Crippen molar-refractivity contribution in [1.82, 2.24) is 5.32 Å². The van der Waals surface area contributed by atoms with Crippen LogP contribution in [-0.2, 0) is 6.54 Å². The first-order valence-electron chi connectivity index (χ1n) is 6.42. The molecule has 0 aliphatic rings. The van der Waals surface area contributed by atoms with Gasteiger partial charge in [-0.1, -0.05) is 40.2 Å². The second-order valence-electron chi connectivity index (χ2n) is 4.58. The third kappa shape index (κ3) is 3.58. The van der Waals surface area contributed by atoms with Gasteiger partial charge in [0, 0.05) is 28.2 Å². The molecule has 2 aromatic carbocycles. The smallest absolute Gasteiger partial charge is 0.129 e. The van der Waals surface area contributed by atoms with Gasteiger partial charge in [0.15, 0.2) is 0 Å². The fourth-order valence-electron chi connectivity index (χ4n) is 2.07. The summed E-state index contributed by atoms with van der Waals surface area (Å²) in [5.41, 5.74) is 1.71. The Labute approximate surface area is 127 Å². The topological polar surface area (TPSA) is 21.3 Å².